The van der Waals surface area contributed by atoms with E-state index in [2.05, 4.69) is 12.2 Å². The van der Waals surface area contributed by atoms with Crippen molar-refractivity contribution in [3.8, 4) is 0 Å². The Hall–Kier alpha value is -3.54. The summed E-state index contributed by atoms with van der Waals surface area (Å²) < 4.78 is 5.17. The summed E-state index contributed by atoms with van der Waals surface area (Å²) in [5, 5.41) is 2.87. The molecule has 2 amide bonds. The smallest absolute Gasteiger partial charge is 0.291 e. The summed E-state index contributed by atoms with van der Waals surface area (Å²) >= 11 is 0. The van der Waals surface area contributed by atoms with E-state index in [1.807, 2.05) is 73.3 Å². The van der Waals surface area contributed by atoms with Crippen LogP contribution in [-0.4, -0.2) is 37.4 Å². The van der Waals surface area contributed by atoms with Gasteiger partial charge in [-0.3, -0.25) is 9.59 Å². The van der Waals surface area contributed by atoms with Crippen LogP contribution in [0.1, 0.15) is 45.4 Å². The van der Waals surface area contributed by atoms with E-state index in [4.69, 9.17) is 4.42 Å². The molecule has 31 heavy (non-hydrogen) atoms. The first kappa shape index (κ1) is 22.2. The number of carbonyl (C=O) groups excluding carboxylic acids is 2. The molecule has 0 aliphatic rings. The van der Waals surface area contributed by atoms with Crippen LogP contribution in [0.4, 0.5) is 11.4 Å². The summed E-state index contributed by atoms with van der Waals surface area (Å²) in [5.74, 6) is -0.0597. The maximum atomic E-state index is 13.2. The maximum absolute atomic E-state index is 13.2. The van der Waals surface area contributed by atoms with Gasteiger partial charge < -0.3 is 19.5 Å². The predicted molar refractivity (Wildman–Crippen MR) is 124 cm³/mol. The molecule has 0 unspecified atom stereocenters. The number of amides is 2. The number of nitrogens with one attached hydrogen (secondary N) is 1. The van der Waals surface area contributed by atoms with Crippen LogP contribution in [0.15, 0.2) is 65.3 Å². The third-order valence-electron chi connectivity index (χ3n) is 4.97. The largest absolute Gasteiger partial charge is 0.459 e. The molecule has 0 saturated carbocycles. The van der Waals surface area contributed by atoms with Gasteiger partial charge in [0.2, 0.25) is 0 Å². The van der Waals surface area contributed by atoms with E-state index in [0.717, 1.165) is 23.2 Å². The van der Waals surface area contributed by atoms with Gasteiger partial charge in [-0.25, -0.2) is 0 Å². The lowest BCUT2D eigenvalue weighted by Crippen LogP contribution is -2.32. The summed E-state index contributed by atoms with van der Waals surface area (Å²) in [7, 11) is 3.93. The molecule has 0 bridgehead atoms. The standard InChI is InChI=1S/C25H29N3O3/c1-5-13-28(25(30)19-9-6-8-18(2)15-19)17-20-16-21(11-12-22(20)27(3)4)26-24(29)23-10-7-14-31-23/h6-12,14-16H,5,13,17H2,1-4H3,(H,26,29). The lowest BCUT2D eigenvalue weighted by Gasteiger charge is -2.26. The van der Waals surface area contributed by atoms with E-state index < -0.39 is 0 Å². The van der Waals surface area contributed by atoms with Crippen molar-refractivity contribution >= 4 is 23.2 Å². The van der Waals surface area contributed by atoms with Crippen molar-refractivity contribution in [3.63, 3.8) is 0 Å². The number of carbonyl (C=O) groups is 2. The van der Waals surface area contributed by atoms with Crippen molar-refractivity contribution in [2.24, 2.45) is 0 Å². The minimum atomic E-state index is -0.310. The van der Waals surface area contributed by atoms with Gasteiger partial charge in [-0.2, -0.15) is 0 Å². The van der Waals surface area contributed by atoms with Crippen LogP contribution in [0.3, 0.4) is 0 Å². The zero-order chi connectivity index (χ0) is 22.4. The predicted octanol–water partition coefficient (Wildman–Crippen LogP) is 4.96. The Morgan fingerprint density at radius 3 is 2.48 bits per heavy atom. The molecule has 1 heterocycles. The molecular weight excluding hydrogens is 390 g/mol. The first-order valence-corrected chi connectivity index (χ1v) is 10.4. The highest BCUT2D eigenvalue weighted by atomic mass is 16.3. The van der Waals surface area contributed by atoms with Crippen molar-refractivity contribution in [3.05, 3.63) is 83.3 Å². The minimum absolute atomic E-state index is 0.000260. The Morgan fingerprint density at radius 1 is 1.03 bits per heavy atom. The highest BCUT2D eigenvalue weighted by molar-refractivity contribution is 6.02. The Labute approximate surface area is 183 Å². The van der Waals surface area contributed by atoms with Crippen LogP contribution in [0.2, 0.25) is 0 Å². The van der Waals surface area contributed by atoms with Crippen LogP contribution in [0.25, 0.3) is 0 Å². The molecule has 0 aliphatic heterocycles. The van der Waals surface area contributed by atoms with Gasteiger partial charge >= 0.3 is 0 Å². The van der Waals surface area contributed by atoms with Gasteiger partial charge in [-0.15, -0.1) is 0 Å². The molecule has 0 aliphatic carbocycles. The molecule has 6 nitrogen and oxygen atoms in total. The van der Waals surface area contributed by atoms with Crippen molar-refractivity contribution in [2.75, 3.05) is 30.9 Å². The van der Waals surface area contributed by atoms with E-state index in [0.29, 0.717) is 24.3 Å². The number of benzene rings is 2. The summed E-state index contributed by atoms with van der Waals surface area (Å²) in [5.41, 5.74) is 4.34. The van der Waals surface area contributed by atoms with E-state index in [-0.39, 0.29) is 17.6 Å². The molecule has 0 radical (unpaired) electrons. The van der Waals surface area contributed by atoms with E-state index in [1.165, 1.54) is 6.26 Å². The molecule has 1 aromatic heterocycles. The fraction of sp³-hybridized carbons (Fsp3) is 0.280. The topological polar surface area (TPSA) is 65.8 Å². The molecule has 0 saturated heterocycles. The second-order valence-corrected chi connectivity index (χ2v) is 7.77. The summed E-state index contributed by atoms with van der Waals surface area (Å²) in [6.07, 6.45) is 2.32. The fourth-order valence-corrected chi connectivity index (χ4v) is 3.52. The highest BCUT2D eigenvalue weighted by Crippen LogP contribution is 2.26. The SMILES string of the molecule is CCCN(Cc1cc(NC(=O)c2ccco2)ccc1N(C)C)C(=O)c1cccc(C)c1. The monoisotopic (exact) mass is 419 g/mol. The first-order valence-electron chi connectivity index (χ1n) is 10.4. The van der Waals surface area contributed by atoms with Gasteiger partial charge in [0.1, 0.15) is 0 Å². The highest BCUT2D eigenvalue weighted by Gasteiger charge is 2.19. The number of nitrogens with zero attached hydrogens (tertiary/aromatic N) is 2. The van der Waals surface area contributed by atoms with Gasteiger partial charge in [0, 0.05) is 44.1 Å². The number of anilines is 2. The Kier molecular flexibility index (Phi) is 7.13. The van der Waals surface area contributed by atoms with Crippen LogP contribution in [0, 0.1) is 6.92 Å². The van der Waals surface area contributed by atoms with Crippen LogP contribution < -0.4 is 10.2 Å². The maximum Gasteiger partial charge on any atom is 0.291 e. The Morgan fingerprint density at radius 2 is 1.84 bits per heavy atom. The van der Waals surface area contributed by atoms with E-state index in [1.54, 1.807) is 12.1 Å². The van der Waals surface area contributed by atoms with Crippen molar-refractivity contribution in [1.82, 2.24) is 4.90 Å². The molecule has 0 fully saturated rings. The number of furan rings is 1. The van der Waals surface area contributed by atoms with Gasteiger partial charge in [0.15, 0.2) is 5.76 Å². The summed E-state index contributed by atoms with van der Waals surface area (Å²) in [6, 6.07) is 16.7. The third kappa shape index (κ3) is 5.54. The Balaban J connectivity index is 1.88. The second kappa shape index (κ2) is 9.98. The lowest BCUT2D eigenvalue weighted by atomic mass is 10.1. The summed E-state index contributed by atoms with van der Waals surface area (Å²) in [6.45, 7) is 5.13. The van der Waals surface area contributed by atoms with Gasteiger partial charge in [0.05, 0.1) is 6.26 Å². The molecule has 3 aromatic rings. The molecule has 6 heteroatoms. The normalized spacial score (nSPS) is 10.6. The molecular formula is C25H29N3O3. The zero-order valence-corrected chi connectivity index (χ0v) is 18.5. The van der Waals surface area contributed by atoms with Gasteiger partial charge in [-0.1, -0.05) is 24.6 Å². The molecule has 1 N–H and O–H groups in total. The fourth-order valence-electron chi connectivity index (χ4n) is 3.52. The van der Waals surface area contributed by atoms with Crippen molar-refractivity contribution < 1.29 is 14.0 Å². The minimum Gasteiger partial charge on any atom is -0.459 e. The molecule has 0 atom stereocenters. The van der Waals surface area contributed by atoms with Crippen molar-refractivity contribution in [2.45, 2.75) is 26.8 Å². The Bertz CT molecular complexity index is 1040. The second-order valence-electron chi connectivity index (χ2n) is 7.77. The van der Waals surface area contributed by atoms with Crippen molar-refractivity contribution in [1.29, 1.82) is 0 Å². The number of hydrogen-bond acceptors (Lipinski definition) is 4. The molecule has 3 rings (SSSR count). The third-order valence-corrected chi connectivity index (χ3v) is 4.97. The molecule has 2 aromatic carbocycles. The first-order chi connectivity index (χ1) is 14.9. The van der Waals surface area contributed by atoms with Crippen LogP contribution >= 0.6 is 0 Å². The van der Waals surface area contributed by atoms with Gasteiger partial charge in [0.25, 0.3) is 11.8 Å². The number of rotatable bonds is 8. The average Bonchev–Trinajstić information content (AvgIpc) is 3.28. The molecule has 0 spiro atoms. The quantitative estimate of drug-likeness (QED) is 0.560. The number of hydrogen-bond donors (Lipinski definition) is 1. The van der Waals surface area contributed by atoms with Gasteiger partial charge in [-0.05, 0) is 61.4 Å². The van der Waals surface area contributed by atoms with Crippen LogP contribution in [0.5, 0.6) is 0 Å². The van der Waals surface area contributed by atoms with E-state index in [9.17, 15) is 9.59 Å². The lowest BCUT2D eigenvalue weighted by molar-refractivity contribution is 0.0743. The van der Waals surface area contributed by atoms with Crippen LogP contribution in [-0.2, 0) is 6.54 Å². The summed E-state index contributed by atoms with van der Waals surface area (Å²) in [4.78, 5) is 29.5. The zero-order valence-electron chi connectivity index (χ0n) is 18.5. The number of aryl methyl sites for hydroxylation is 1. The average molecular weight is 420 g/mol. The van der Waals surface area contributed by atoms with E-state index >= 15 is 0 Å². The molecule has 162 valence electrons.